The molecule has 2 atom stereocenters. The third-order valence-corrected chi connectivity index (χ3v) is 2.61. The maximum atomic E-state index is 11.7. The van der Waals surface area contributed by atoms with Crippen LogP contribution in [0.5, 0.6) is 5.75 Å². The van der Waals surface area contributed by atoms with E-state index >= 15 is 0 Å². The first kappa shape index (κ1) is 14.8. The number of hydrogen-bond donors (Lipinski definition) is 2. The van der Waals surface area contributed by atoms with E-state index in [2.05, 4.69) is 5.32 Å². The van der Waals surface area contributed by atoms with E-state index in [4.69, 9.17) is 22.1 Å². The van der Waals surface area contributed by atoms with Gasteiger partial charge in [-0.1, -0.05) is 17.7 Å². The predicted octanol–water partition coefficient (Wildman–Crippen LogP) is 1.96. The minimum absolute atomic E-state index is 0.0782. The highest BCUT2D eigenvalue weighted by Gasteiger charge is 2.14. The fourth-order valence-corrected chi connectivity index (χ4v) is 1.54. The molecular formula is C13H19ClN2O2. The zero-order valence-corrected chi connectivity index (χ0v) is 11.4. The van der Waals surface area contributed by atoms with Gasteiger partial charge in [0.2, 0.25) is 0 Å². The summed E-state index contributed by atoms with van der Waals surface area (Å²) in [5.41, 5.74) is 5.60. The van der Waals surface area contributed by atoms with Crippen molar-refractivity contribution in [2.45, 2.75) is 32.4 Å². The van der Waals surface area contributed by atoms with Crippen molar-refractivity contribution in [1.29, 1.82) is 0 Å². The highest BCUT2D eigenvalue weighted by atomic mass is 35.5. The molecule has 0 aliphatic rings. The number of hydrogen-bond acceptors (Lipinski definition) is 3. The summed E-state index contributed by atoms with van der Waals surface area (Å²) in [4.78, 5) is 11.7. The lowest BCUT2D eigenvalue weighted by Gasteiger charge is -2.15. The normalized spacial score (nSPS) is 13.8. The fraction of sp³-hybridized carbons (Fsp3) is 0.462. The summed E-state index contributed by atoms with van der Waals surface area (Å²) in [7, 11) is 0. The molecular weight excluding hydrogens is 252 g/mol. The monoisotopic (exact) mass is 270 g/mol. The summed E-state index contributed by atoms with van der Waals surface area (Å²) in [5.74, 6) is 0.424. The van der Waals surface area contributed by atoms with Gasteiger partial charge in [-0.15, -0.1) is 0 Å². The summed E-state index contributed by atoms with van der Waals surface area (Å²) in [6.45, 7) is 4.15. The smallest absolute Gasteiger partial charge is 0.260 e. The summed E-state index contributed by atoms with van der Waals surface area (Å²) in [5, 5.41) is 3.35. The molecule has 0 spiro atoms. The van der Waals surface area contributed by atoms with Crippen molar-refractivity contribution >= 4 is 17.5 Å². The first-order chi connectivity index (χ1) is 8.49. The van der Waals surface area contributed by atoms with Gasteiger partial charge in [-0.25, -0.2) is 0 Å². The summed E-state index contributed by atoms with van der Waals surface area (Å²) >= 11 is 5.83. The molecule has 2 unspecified atom stereocenters. The molecule has 1 amide bonds. The van der Waals surface area contributed by atoms with E-state index in [0.717, 1.165) is 6.42 Å². The number of rotatable bonds is 6. The molecule has 0 aliphatic heterocycles. The number of halogens is 1. The van der Waals surface area contributed by atoms with Crippen LogP contribution in [0.2, 0.25) is 5.02 Å². The van der Waals surface area contributed by atoms with Crippen molar-refractivity contribution in [3.05, 3.63) is 29.3 Å². The Bertz CT molecular complexity index is 396. The van der Waals surface area contributed by atoms with Crippen LogP contribution in [0.4, 0.5) is 0 Å². The van der Waals surface area contributed by atoms with Crippen molar-refractivity contribution < 1.29 is 9.53 Å². The number of carbonyl (C=O) groups excluding carboxylic acids is 1. The van der Waals surface area contributed by atoms with Gasteiger partial charge in [0.1, 0.15) is 5.75 Å². The molecule has 0 fully saturated rings. The van der Waals surface area contributed by atoms with Crippen LogP contribution < -0.4 is 15.8 Å². The van der Waals surface area contributed by atoms with Crippen LogP contribution in [-0.4, -0.2) is 24.6 Å². The van der Waals surface area contributed by atoms with Crippen LogP contribution >= 0.6 is 11.6 Å². The second kappa shape index (κ2) is 7.24. The van der Waals surface area contributed by atoms with Gasteiger partial charge in [-0.3, -0.25) is 4.79 Å². The second-order valence-electron chi connectivity index (χ2n) is 4.27. The Hall–Kier alpha value is -1.26. The van der Waals surface area contributed by atoms with Crippen molar-refractivity contribution in [2.75, 3.05) is 6.54 Å². The van der Waals surface area contributed by atoms with Gasteiger partial charge in [0.25, 0.3) is 5.91 Å². The van der Waals surface area contributed by atoms with Gasteiger partial charge >= 0.3 is 0 Å². The summed E-state index contributed by atoms with van der Waals surface area (Å²) < 4.78 is 5.49. The third kappa shape index (κ3) is 5.38. The van der Waals surface area contributed by atoms with E-state index in [0.29, 0.717) is 17.3 Å². The van der Waals surface area contributed by atoms with Crippen LogP contribution in [0.1, 0.15) is 20.3 Å². The summed E-state index contributed by atoms with van der Waals surface area (Å²) in [6, 6.07) is 7.04. The zero-order valence-electron chi connectivity index (χ0n) is 10.7. The number of amides is 1. The van der Waals surface area contributed by atoms with Gasteiger partial charge in [0.15, 0.2) is 6.10 Å². The van der Waals surface area contributed by atoms with Crippen molar-refractivity contribution in [2.24, 2.45) is 5.73 Å². The Labute approximate surface area is 112 Å². The number of nitrogens with two attached hydrogens (primary N) is 1. The van der Waals surface area contributed by atoms with Gasteiger partial charge in [-0.2, -0.15) is 0 Å². The molecule has 1 aromatic rings. The lowest BCUT2D eigenvalue weighted by Crippen LogP contribution is -2.38. The zero-order chi connectivity index (χ0) is 13.5. The average Bonchev–Trinajstić information content (AvgIpc) is 2.28. The minimum atomic E-state index is -0.559. The van der Waals surface area contributed by atoms with Crippen LogP contribution in [0.25, 0.3) is 0 Å². The van der Waals surface area contributed by atoms with E-state index in [9.17, 15) is 4.79 Å². The standard InChI is InChI=1S/C13H19ClN2O2/c1-9(15)6-7-16-13(17)10(2)18-12-5-3-4-11(14)8-12/h3-5,8-10H,6-7,15H2,1-2H3,(H,16,17). The van der Waals surface area contributed by atoms with Crippen LogP contribution in [-0.2, 0) is 4.79 Å². The molecule has 0 saturated carbocycles. The molecule has 5 heteroatoms. The first-order valence-corrected chi connectivity index (χ1v) is 6.32. The van der Waals surface area contributed by atoms with Gasteiger partial charge < -0.3 is 15.8 Å². The molecule has 0 bridgehead atoms. The van der Waals surface area contributed by atoms with Crippen molar-refractivity contribution in [3.63, 3.8) is 0 Å². The number of nitrogens with one attached hydrogen (secondary N) is 1. The molecule has 1 aromatic carbocycles. The molecule has 18 heavy (non-hydrogen) atoms. The quantitative estimate of drug-likeness (QED) is 0.831. The highest BCUT2D eigenvalue weighted by Crippen LogP contribution is 2.18. The molecule has 0 aliphatic carbocycles. The van der Waals surface area contributed by atoms with Crippen LogP contribution in [0, 0.1) is 0 Å². The summed E-state index contributed by atoms with van der Waals surface area (Å²) in [6.07, 6.45) is 0.187. The predicted molar refractivity (Wildman–Crippen MR) is 72.8 cm³/mol. The van der Waals surface area contributed by atoms with E-state index in [-0.39, 0.29) is 11.9 Å². The van der Waals surface area contributed by atoms with Gasteiger partial charge in [0.05, 0.1) is 0 Å². The molecule has 3 N–H and O–H groups in total. The first-order valence-electron chi connectivity index (χ1n) is 5.94. The molecule has 100 valence electrons. The van der Waals surface area contributed by atoms with Gasteiger partial charge in [0, 0.05) is 17.6 Å². The second-order valence-corrected chi connectivity index (χ2v) is 4.71. The van der Waals surface area contributed by atoms with E-state index < -0.39 is 6.10 Å². The van der Waals surface area contributed by atoms with E-state index in [1.165, 1.54) is 0 Å². The molecule has 1 rings (SSSR count). The lowest BCUT2D eigenvalue weighted by atomic mass is 10.2. The largest absolute Gasteiger partial charge is 0.481 e. The Morgan fingerprint density at radius 2 is 2.22 bits per heavy atom. The number of ether oxygens (including phenoxy) is 1. The minimum Gasteiger partial charge on any atom is -0.481 e. The average molecular weight is 271 g/mol. The van der Waals surface area contributed by atoms with Crippen LogP contribution in [0.15, 0.2) is 24.3 Å². The number of carbonyl (C=O) groups is 1. The SMILES string of the molecule is CC(N)CCNC(=O)C(C)Oc1cccc(Cl)c1. The molecule has 0 heterocycles. The Morgan fingerprint density at radius 1 is 1.50 bits per heavy atom. The lowest BCUT2D eigenvalue weighted by molar-refractivity contribution is -0.127. The Kier molecular flexibility index (Phi) is 5.95. The molecule has 0 aromatic heterocycles. The van der Waals surface area contributed by atoms with E-state index in [1.54, 1.807) is 31.2 Å². The molecule has 0 saturated heterocycles. The van der Waals surface area contributed by atoms with E-state index in [1.807, 2.05) is 6.92 Å². The maximum Gasteiger partial charge on any atom is 0.260 e. The third-order valence-electron chi connectivity index (χ3n) is 2.38. The van der Waals surface area contributed by atoms with Crippen LogP contribution in [0.3, 0.4) is 0 Å². The Balaban J connectivity index is 2.40. The number of benzene rings is 1. The highest BCUT2D eigenvalue weighted by molar-refractivity contribution is 6.30. The molecule has 0 radical (unpaired) electrons. The maximum absolute atomic E-state index is 11.7. The topological polar surface area (TPSA) is 64.3 Å². The van der Waals surface area contributed by atoms with Crippen molar-refractivity contribution in [1.82, 2.24) is 5.32 Å². The van der Waals surface area contributed by atoms with Gasteiger partial charge in [-0.05, 0) is 38.5 Å². The molecule has 4 nitrogen and oxygen atoms in total. The van der Waals surface area contributed by atoms with Crippen molar-refractivity contribution in [3.8, 4) is 5.75 Å². The Morgan fingerprint density at radius 3 is 2.83 bits per heavy atom. The fourth-order valence-electron chi connectivity index (χ4n) is 1.36.